The summed E-state index contributed by atoms with van der Waals surface area (Å²) in [6.07, 6.45) is 5.72. The molecule has 1 N–H and O–H groups in total. The zero-order chi connectivity index (χ0) is 16.4. The summed E-state index contributed by atoms with van der Waals surface area (Å²) in [5.41, 5.74) is 1.97. The molecule has 2 aromatic carbocycles. The van der Waals surface area contributed by atoms with Crippen LogP contribution in [0.25, 0.3) is 10.8 Å². The maximum absolute atomic E-state index is 12.0. The standard InChI is InChI=1S/C20H20N2OS/c23-19-13-17(21-20(22-19)24-18-7-3-4-8-18)12-14-9-10-15-5-1-2-6-16(15)11-14/h1-2,5-6,9-11,13,18H,3-4,7-8,12H2,(H,21,22,23). The molecule has 1 aliphatic carbocycles. The van der Waals surface area contributed by atoms with Crippen LogP contribution in [0.4, 0.5) is 0 Å². The minimum Gasteiger partial charge on any atom is -0.301 e. The summed E-state index contributed by atoms with van der Waals surface area (Å²) in [4.78, 5) is 19.5. The maximum atomic E-state index is 12.0. The SMILES string of the molecule is O=c1cc(Cc2ccc3ccccc3c2)nc(SC2CCCC2)[nH]1. The van der Waals surface area contributed by atoms with Crippen LogP contribution in [0.5, 0.6) is 0 Å². The summed E-state index contributed by atoms with van der Waals surface area (Å²) >= 11 is 1.73. The highest BCUT2D eigenvalue weighted by Gasteiger charge is 2.17. The van der Waals surface area contributed by atoms with Gasteiger partial charge in [-0.3, -0.25) is 4.79 Å². The predicted octanol–water partition coefficient (Wildman–Crippen LogP) is 4.55. The number of benzene rings is 2. The van der Waals surface area contributed by atoms with Gasteiger partial charge < -0.3 is 4.98 Å². The summed E-state index contributed by atoms with van der Waals surface area (Å²) < 4.78 is 0. The Kier molecular flexibility index (Phi) is 4.39. The zero-order valence-corrected chi connectivity index (χ0v) is 14.3. The monoisotopic (exact) mass is 336 g/mol. The van der Waals surface area contributed by atoms with E-state index >= 15 is 0 Å². The third-order valence-electron chi connectivity index (χ3n) is 4.55. The van der Waals surface area contributed by atoms with Gasteiger partial charge in [0.15, 0.2) is 5.16 Å². The molecule has 3 aromatic rings. The number of nitrogens with one attached hydrogen (secondary N) is 1. The number of hydrogen-bond donors (Lipinski definition) is 1. The molecule has 24 heavy (non-hydrogen) atoms. The van der Waals surface area contributed by atoms with Crippen molar-refractivity contribution in [3.05, 3.63) is 70.1 Å². The third-order valence-corrected chi connectivity index (χ3v) is 5.77. The van der Waals surface area contributed by atoms with Crippen LogP contribution in [-0.4, -0.2) is 15.2 Å². The molecule has 122 valence electrons. The fourth-order valence-corrected chi connectivity index (χ4v) is 4.57. The molecule has 0 aliphatic heterocycles. The lowest BCUT2D eigenvalue weighted by Crippen LogP contribution is -2.11. The van der Waals surface area contributed by atoms with Gasteiger partial charge in [0, 0.05) is 17.7 Å². The van der Waals surface area contributed by atoms with Crippen LogP contribution in [0.2, 0.25) is 0 Å². The van der Waals surface area contributed by atoms with Gasteiger partial charge in [-0.1, -0.05) is 67.1 Å². The number of thioether (sulfide) groups is 1. The van der Waals surface area contributed by atoms with Crippen molar-refractivity contribution in [2.24, 2.45) is 0 Å². The fourth-order valence-electron chi connectivity index (χ4n) is 3.35. The number of fused-ring (bicyclic) bond motifs is 1. The Bertz CT molecular complexity index is 913. The summed E-state index contributed by atoms with van der Waals surface area (Å²) in [5, 5.41) is 3.83. The van der Waals surface area contributed by atoms with E-state index in [1.807, 2.05) is 12.1 Å². The molecule has 1 aliphatic rings. The van der Waals surface area contributed by atoms with E-state index in [2.05, 4.69) is 40.3 Å². The van der Waals surface area contributed by atoms with Crippen LogP contribution < -0.4 is 5.56 Å². The van der Waals surface area contributed by atoms with Crippen LogP contribution in [0, 0.1) is 0 Å². The molecule has 4 heteroatoms. The summed E-state index contributed by atoms with van der Waals surface area (Å²) in [5.74, 6) is 0. The smallest absolute Gasteiger partial charge is 0.251 e. The van der Waals surface area contributed by atoms with E-state index in [1.165, 1.54) is 42.0 Å². The van der Waals surface area contributed by atoms with Crippen LogP contribution in [-0.2, 0) is 6.42 Å². The average molecular weight is 336 g/mol. The second-order valence-corrected chi connectivity index (χ2v) is 7.71. The van der Waals surface area contributed by atoms with E-state index in [0.29, 0.717) is 11.7 Å². The van der Waals surface area contributed by atoms with Crippen molar-refractivity contribution in [3.8, 4) is 0 Å². The highest BCUT2D eigenvalue weighted by atomic mass is 32.2. The minimum absolute atomic E-state index is 0.0544. The number of aromatic amines is 1. The molecule has 0 radical (unpaired) electrons. The van der Waals surface area contributed by atoms with E-state index in [-0.39, 0.29) is 5.56 Å². The van der Waals surface area contributed by atoms with Crippen LogP contribution in [0.1, 0.15) is 36.9 Å². The van der Waals surface area contributed by atoms with Crippen LogP contribution in [0.15, 0.2) is 58.5 Å². The number of aromatic nitrogens is 2. The lowest BCUT2D eigenvalue weighted by atomic mass is 10.0. The lowest BCUT2D eigenvalue weighted by Gasteiger charge is -2.09. The summed E-state index contributed by atoms with van der Waals surface area (Å²) in [7, 11) is 0. The number of hydrogen-bond acceptors (Lipinski definition) is 3. The third kappa shape index (κ3) is 3.54. The van der Waals surface area contributed by atoms with E-state index in [9.17, 15) is 4.79 Å². The van der Waals surface area contributed by atoms with Gasteiger partial charge in [0.25, 0.3) is 5.56 Å². The molecule has 1 saturated carbocycles. The number of rotatable bonds is 4. The largest absolute Gasteiger partial charge is 0.301 e. The van der Waals surface area contributed by atoms with Gasteiger partial charge in [-0.25, -0.2) is 4.98 Å². The van der Waals surface area contributed by atoms with Gasteiger partial charge in [-0.05, 0) is 29.2 Å². The van der Waals surface area contributed by atoms with E-state index in [4.69, 9.17) is 0 Å². The molecule has 0 saturated heterocycles. The second-order valence-electron chi connectivity index (χ2n) is 6.42. The van der Waals surface area contributed by atoms with E-state index in [1.54, 1.807) is 17.8 Å². The normalized spacial score (nSPS) is 15.2. The lowest BCUT2D eigenvalue weighted by molar-refractivity contribution is 0.853. The van der Waals surface area contributed by atoms with Crippen molar-refractivity contribution in [2.45, 2.75) is 42.5 Å². The molecule has 0 amide bonds. The van der Waals surface area contributed by atoms with Crippen molar-refractivity contribution in [1.29, 1.82) is 0 Å². The molecular formula is C20H20N2OS. The van der Waals surface area contributed by atoms with Gasteiger partial charge >= 0.3 is 0 Å². The van der Waals surface area contributed by atoms with Crippen molar-refractivity contribution in [2.75, 3.05) is 0 Å². The molecule has 3 nitrogen and oxygen atoms in total. The number of nitrogens with zero attached hydrogens (tertiary/aromatic N) is 1. The Morgan fingerprint density at radius 2 is 1.83 bits per heavy atom. The zero-order valence-electron chi connectivity index (χ0n) is 13.5. The molecule has 1 aromatic heterocycles. The molecule has 4 rings (SSSR count). The highest BCUT2D eigenvalue weighted by Crippen LogP contribution is 2.32. The number of H-pyrrole nitrogens is 1. The van der Waals surface area contributed by atoms with Crippen molar-refractivity contribution >= 4 is 22.5 Å². The minimum atomic E-state index is -0.0544. The maximum Gasteiger partial charge on any atom is 0.251 e. The van der Waals surface area contributed by atoms with E-state index < -0.39 is 0 Å². The van der Waals surface area contributed by atoms with Crippen LogP contribution >= 0.6 is 11.8 Å². The molecule has 0 atom stereocenters. The van der Waals surface area contributed by atoms with Crippen molar-refractivity contribution in [1.82, 2.24) is 9.97 Å². The second kappa shape index (κ2) is 6.81. The first-order chi connectivity index (χ1) is 11.8. The van der Waals surface area contributed by atoms with Crippen molar-refractivity contribution < 1.29 is 0 Å². The Hall–Kier alpha value is -2.07. The highest BCUT2D eigenvalue weighted by molar-refractivity contribution is 7.99. The summed E-state index contributed by atoms with van der Waals surface area (Å²) in [6, 6.07) is 16.4. The Balaban J connectivity index is 1.58. The van der Waals surface area contributed by atoms with E-state index in [0.717, 1.165) is 10.9 Å². The first-order valence-corrected chi connectivity index (χ1v) is 9.39. The molecular weight excluding hydrogens is 316 g/mol. The first-order valence-electron chi connectivity index (χ1n) is 8.51. The molecule has 0 spiro atoms. The van der Waals surface area contributed by atoms with Crippen LogP contribution in [0.3, 0.4) is 0 Å². The quantitative estimate of drug-likeness (QED) is 0.711. The summed E-state index contributed by atoms with van der Waals surface area (Å²) in [6.45, 7) is 0. The predicted molar refractivity (Wildman–Crippen MR) is 99.7 cm³/mol. The van der Waals surface area contributed by atoms with Gasteiger partial charge in [-0.15, -0.1) is 0 Å². The molecule has 0 bridgehead atoms. The molecule has 1 fully saturated rings. The fraction of sp³-hybridized carbons (Fsp3) is 0.300. The molecule has 1 heterocycles. The Labute approximate surface area is 145 Å². The van der Waals surface area contributed by atoms with Gasteiger partial charge in [0.05, 0.1) is 5.69 Å². The average Bonchev–Trinajstić information content (AvgIpc) is 3.07. The van der Waals surface area contributed by atoms with Gasteiger partial charge in [-0.2, -0.15) is 0 Å². The topological polar surface area (TPSA) is 45.8 Å². The Morgan fingerprint density at radius 3 is 2.67 bits per heavy atom. The van der Waals surface area contributed by atoms with Gasteiger partial charge in [0.2, 0.25) is 0 Å². The van der Waals surface area contributed by atoms with Gasteiger partial charge in [0.1, 0.15) is 0 Å². The van der Waals surface area contributed by atoms with Crippen molar-refractivity contribution in [3.63, 3.8) is 0 Å². The Morgan fingerprint density at radius 1 is 1.04 bits per heavy atom. The molecule has 0 unspecified atom stereocenters. The first kappa shape index (κ1) is 15.5.